The molecule has 0 radical (unpaired) electrons. The quantitative estimate of drug-likeness (QED) is 0.320. The largest absolute Gasteiger partial charge is 0.287 e. The van der Waals surface area contributed by atoms with Crippen molar-refractivity contribution in [1.29, 1.82) is 0 Å². The van der Waals surface area contributed by atoms with Crippen LogP contribution < -0.4 is 4.57 Å². The van der Waals surface area contributed by atoms with E-state index in [-0.39, 0.29) is 0 Å². The van der Waals surface area contributed by atoms with Gasteiger partial charge in [-0.15, -0.1) is 11.3 Å². The van der Waals surface area contributed by atoms with E-state index in [0.717, 1.165) is 5.52 Å². The van der Waals surface area contributed by atoms with Gasteiger partial charge in [-0.1, -0.05) is 18.2 Å². The molecule has 0 saturated heterocycles. The SMILES string of the molecule is Cc1c(I)cccc1-c1c2ccc3ccsc3c2nc[n+]1C. The summed E-state index contributed by atoms with van der Waals surface area (Å²) in [4.78, 5) is 4.69. The molecule has 2 aromatic heterocycles. The van der Waals surface area contributed by atoms with Crippen LogP contribution in [0.2, 0.25) is 0 Å². The lowest BCUT2D eigenvalue weighted by Gasteiger charge is -2.10. The average Bonchev–Trinajstić information content (AvgIpc) is 2.99. The smallest absolute Gasteiger partial charge is 0.232 e. The highest BCUT2D eigenvalue weighted by molar-refractivity contribution is 14.1. The van der Waals surface area contributed by atoms with Gasteiger partial charge in [-0.05, 0) is 69.0 Å². The molecule has 0 unspecified atom stereocenters. The van der Waals surface area contributed by atoms with Crippen LogP contribution in [0.3, 0.4) is 0 Å². The van der Waals surface area contributed by atoms with E-state index in [1.807, 2.05) is 6.33 Å². The Morgan fingerprint density at radius 1 is 1.14 bits per heavy atom. The number of benzene rings is 2. The predicted molar refractivity (Wildman–Crippen MR) is 101 cm³/mol. The topological polar surface area (TPSA) is 16.8 Å². The molecule has 0 N–H and O–H groups in total. The summed E-state index contributed by atoms with van der Waals surface area (Å²) in [5, 5.41) is 4.61. The molecular weight excluding hydrogens is 403 g/mol. The first-order valence-electron chi connectivity index (χ1n) is 7.07. The number of halogens is 1. The average molecular weight is 417 g/mol. The molecule has 108 valence electrons. The summed E-state index contributed by atoms with van der Waals surface area (Å²) >= 11 is 4.16. The van der Waals surface area contributed by atoms with Crippen LogP contribution in [0, 0.1) is 10.5 Å². The van der Waals surface area contributed by atoms with Crippen molar-refractivity contribution in [3.63, 3.8) is 0 Å². The molecule has 0 spiro atoms. The summed E-state index contributed by atoms with van der Waals surface area (Å²) in [5.74, 6) is 0. The van der Waals surface area contributed by atoms with Crippen molar-refractivity contribution in [1.82, 2.24) is 4.98 Å². The number of aromatic nitrogens is 2. The number of thiophene rings is 1. The van der Waals surface area contributed by atoms with Gasteiger partial charge in [-0.3, -0.25) is 0 Å². The van der Waals surface area contributed by atoms with Crippen molar-refractivity contribution in [2.75, 3.05) is 0 Å². The van der Waals surface area contributed by atoms with Crippen LogP contribution >= 0.6 is 33.9 Å². The summed E-state index contributed by atoms with van der Waals surface area (Å²) in [6.45, 7) is 2.19. The fourth-order valence-corrected chi connectivity index (χ4v) is 4.32. The Balaban J connectivity index is 2.17. The summed E-state index contributed by atoms with van der Waals surface area (Å²) in [6, 6.07) is 13.0. The Labute approximate surface area is 146 Å². The number of fused-ring (bicyclic) bond motifs is 3. The van der Waals surface area contributed by atoms with Gasteiger partial charge in [0.15, 0.2) is 0 Å². The molecule has 4 aromatic rings. The molecule has 4 heteroatoms. The first-order chi connectivity index (χ1) is 10.7. The van der Waals surface area contributed by atoms with Gasteiger partial charge in [0.25, 0.3) is 6.33 Å². The predicted octanol–water partition coefficient (Wildman–Crippen LogP) is 4.85. The number of nitrogens with zero attached hydrogens (tertiary/aromatic N) is 2. The Kier molecular flexibility index (Phi) is 3.38. The second kappa shape index (κ2) is 5.28. The van der Waals surface area contributed by atoms with Crippen LogP contribution in [0.4, 0.5) is 0 Å². The third-order valence-corrected chi connectivity index (χ3v) is 6.19. The highest BCUT2D eigenvalue weighted by Gasteiger charge is 2.19. The first-order valence-corrected chi connectivity index (χ1v) is 9.02. The van der Waals surface area contributed by atoms with Crippen LogP contribution in [0.5, 0.6) is 0 Å². The van der Waals surface area contributed by atoms with Gasteiger partial charge in [-0.25, -0.2) is 4.57 Å². The molecule has 0 atom stereocenters. The third kappa shape index (κ3) is 2.05. The maximum absolute atomic E-state index is 4.69. The van der Waals surface area contributed by atoms with E-state index in [0.29, 0.717) is 0 Å². The van der Waals surface area contributed by atoms with E-state index in [2.05, 4.69) is 82.9 Å². The highest BCUT2D eigenvalue weighted by atomic mass is 127. The first kappa shape index (κ1) is 14.1. The van der Waals surface area contributed by atoms with Crippen molar-refractivity contribution in [3.05, 3.63) is 57.2 Å². The van der Waals surface area contributed by atoms with Gasteiger partial charge in [0.1, 0.15) is 5.69 Å². The summed E-state index contributed by atoms with van der Waals surface area (Å²) in [7, 11) is 2.07. The molecule has 4 rings (SSSR count). The normalized spacial score (nSPS) is 11.4. The van der Waals surface area contributed by atoms with Gasteiger partial charge in [0, 0.05) is 9.13 Å². The number of aryl methyl sites for hydroxylation is 1. The Bertz CT molecular complexity index is 1020. The molecule has 2 nitrogen and oxygen atoms in total. The minimum atomic E-state index is 1.10. The van der Waals surface area contributed by atoms with Gasteiger partial charge in [-0.2, -0.15) is 0 Å². The lowest BCUT2D eigenvalue weighted by atomic mass is 10.0. The molecule has 0 aliphatic heterocycles. The molecule has 0 aliphatic rings. The molecule has 0 amide bonds. The molecule has 2 aromatic carbocycles. The molecule has 2 heterocycles. The monoisotopic (exact) mass is 417 g/mol. The van der Waals surface area contributed by atoms with E-state index >= 15 is 0 Å². The standard InChI is InChI=1S/C18H14IN2S/c1-11-13(4-3-5-15(11)19)17-14-7-6-12-8-9-22-18(12)16(14)20-10-21(17)2/h3-10H,1-2H3/q+1. The van der Waals surface area contributed by atoms with Gasteiger partial charge < -0.3 is 0 Å². The molecule has 0 saturated carbocycles. The van der Waals surface area contributed by atoms with Crippen LogP contribution in [0.25, 0.3) is 32.2 Å². The molecular formula is C18H14IN2S+. The van der Waals surface area contributed by atoms with Gasteiger partial charge >= 0.3 is 0 Å². The van der Waals surface area contributed by atoms with Gasteiger partial charge in [0.05, 0.1) is 17.1 Å². The van der Waals surface area contributed by atoms with E-state index in [4.69, 9.17) is 4.98 Å². The van der Waals surface area contributed by atoms with E-state index in [1.54, 1.807) is 11.3 Å². The maximum atomic E-state index is 4.69. The Morgan fingerprint density at radius 2 is 2.00 bits per heavy atom. The minimum Gasteiger partial charge on any atom is -0.232 e. The lowest BCUT2D eigenvalue weighted by molar-refractivity contribution is -0.662. The molecule has 0 aliphatic carbocycles. The third-order valence-electron chi connectivity index (χ3n) is 4.09. The van der Waals surface area contributed by atoms with E-state index in [9.17, 15) is 0 Å². The zero-order chi connectivity index (χ0) is 15.3. The second-order valence-electron chi connectivity index (χ2n) is 5.42. The van der Waals surface area contributed by atoms with Crippen LogP contribution in [0.1, 0.15) is 5.56 Å². The van der Waals surface area contributed by atoms with Crippen molar-refractivity contribution >= 4 is 54.9 Å². The molecule has 0 fully saturated rings. The van der Waals surface area contributed by atoms with Gasteiger partial charge in [0.2, 0.25) is 5.52 Å². The van der Waals surface area contributed by atoms with Crippen molar-refractivity contribution < 1.29 is 4.57 Å². The number of hydrogen-bond donors (Lipinski definition) is 0. The highest BCUT2D eigenvalue weighted by Crippen LogP contribution is 2.34. The zero-order valence-electron chi connectivity index (χ0n) is 12.3. The summed E-state index contributed by atoms with van der Waals surface area (Å²) in [6.07, 6.45) is 1.93. The summed E-state index contributed by atoms with van der Waals surface area (Å²) < 4.78 is 4.68. The van der Waals surface area contributed by atoms with Crippen molar-refractivity contribution in [3.8, 4) is 11.3 Å². The zero-order valence-corrected chi connectivity index (χ0v) is 15.3. The Morgan fingerprint density at radius 3 is 2.86 bits per heavy atom. The molecule has 0 bridgehead atoms. The van der Waals surface area contributed by atoms with Crippen molar-refractivity contribution in [2.24, 2.45) is 7.05 Å². The van der Waals surface area contributed by atoms with Crippen LogP contribution in [-0.4, -0.2) is 4.98 Å². The maximum Gasteiger partial charge on any atom is 0.287 e. The number of rotatable bonds is 1. The van der Waals surface area contributed by atoms with E-state index in [1.165, 1.54) is 35.9 Å². The fraction of sp³-hybridized carbons (Fsp3) is 0.111. The second-order valence-corrected chi connectivity index (χ2v) is 7.50. The lowest BCUT2D eigenvalue weighted by Crippen LogP contribution is -2.31. The Hall–Kier alpha value is -1.53. The van der Waals surface area contributed by atoms with E-state index < -0.39 is 0 Å². The van der Waals surface area contributed by atoms with Crippen LogP contribution in [0.15, 0.2) is 48.1 Å². The summed E-state index contributed by atoms with van der Waals surface area (Å²) in [5.41, 5.74) is 4.92. The van der Waals surface area contributed by atoms with Crippen molar-refractivity contribution in [2.45, 2.75) is 6.92 Å². The minimum absolute atomic E-state index is 1.10. The molecule has 22 heavy (non-hydrogen) atoms. The fourth-order valence-electron chi connectivity index (χ4n) is 2.93. The number of hydrogen-bond acceptors (Lipinski definition) is 2. The van der Waals surface area contributed by atoms with Crippen LogP contribution in [-0.2, 0) is 7.05 Å².